The number of ether oxygens (including phenoxy) is 1. The average Bonchev–Trinajstić information content (AvgIpc) is 2.46. The molecule has 1 aliphatic rings. The molecule has 0 N–H and O–H groups in total. The van der Waals surface area contributed by atoms with Gasteiger partial charge >= 0.3 is 6.09 Å². The summed E-state index contributed by atoms with van der Waals surface area (Å²) in [5.41, 5.74) is 0.573. The summed E-state index contributed by atoms with van der Waals surface area (Å²) in [6.07, 6.45) is 0.646. The molecule has 2 unspecified atom stereocenters. The van der Waals surface area contributed by atoms with E-state index < -0.39 is 5.60 Å². The molecule has 0 aromatic carbocycles. The van der Waals surface area contributed by atoms with Gasteiger partial charge in [-0.1, -0.05) is 6.92 Å². The number of amides is 1. The van der Waals surface area contributed by atoms with E-state index in [9.17, 15) is 4.79 Å². The fraction of sp³-hybridized carbons (Fsp3) is 0.722. The Morgan fingerprint density at radius 2 is 1.92 bits per heavy atom. The highest BCUT2D eigenvalue weighted by molar-refractivity contribution is 5.69. The van der Waals surface area contributed by atoms with Crippen molar-refractivity contribution in [3.8, 4) is 0 Å². The second-order valence-corrected chi connectivity index (χ2v) is 7.60. The second kappa shape index (κ2) is 6.95. The number of rotatable bonds is 2. The largest absolute Gasteiger partial charge is 0.444 e. The first-order valence-electron chi connectivity index (χ1n) is 8.71. The molecule has 1 saturated heterocycles. The van der Waals surface area contributed by atoms with Gasteiger partial charge < -0.3 is 14.5 Å². The number of aromatic nitrogens is 2. The Morgan fingerprint density at radius 3 is 2.50 bits per heavy atom. The highest BCUT2D eigenvalue weighted by Gasteiger charge is 2.35. The van der Waals surface area contributed by atoms with Crippen molar-refractivity contribution in [1.29, 1.82) is 0 Å². The molecule has 0 bridgehead atoms. The third-order valence-electron chi connectivity index (χ3n) is 4.15. The number of aryl methyl sites for hydroxylation is 2. The van der Waals surface area contributed by atoms with Crippen molar-refractivity contribution in [2.24, 2.45) is 0 Å². The van der Waals surface area contributed by atoms with Crippen molar-refractivity contribution < 1.29 is 9.53 Å². The molecule has 6 heteroatoms. The Morgan fingerprint density at radius 1 is 1.25 bits per heavy atom. The van der Waals surface area contributed by atoms with E-state index in [1.54, 1.807) is 0 Å². The predicted octanol–water partition coefficient (Wildman–Crippen LogP) is 3.18. The molecule has 2 atom stereocenters. The zero-order chi connectivity index (χ0) is 18.1. The molecule has 6 nitrogen and oxygen atoms in total. The van der Waals surface area contributed by atoms with E-state index in [-0.39, 0.29) is 18.2 Å². The van der Waals surface area contributed by atoms with Crippen LogP contribution in [0.1, 0.15) is 53.1 Å². The molecule has 0 spiro atoms. The first-order chi connectivity index (χ1) is 11.1. The van der Waals surface area contributed by atoms with E-state index in [0.29, 0.717) is 6.54 Å². The summed E-state index contributed by atoms with van der Waals surface area (Å²) >= 11 is 0. The molecular formula is C18H30N4O2. The van der Waals surface area contributed by atoms with Crippen molar-refractivity contribution in [3.63, 3.8) is 0 Å². The minimum absolute atomic E-state index is 0.0661. The van der Waals surface area contributed by atoms with E-state index in [1.165, 1.54) is 0 Å². The van der Waals surface area contributed by atoms with Gasteiger partial charge in [-0.25, -0.2) is 14.8 Å². The van der Waals surface area contributed by atoms with Gasteiger partial charge in [-0.2, -0.15) is 0 Å². The number of hydrogen-bond donors (Lipinski definition) is 0. The van der Waals surface area contributed by atoms with Crippen LogP contribution in [-0.4, -0.2) is 51.7 Å². The number of anilines is 1. The highest BCUT2D eigenvalue weighted by Crippen LogP contribution is 2.24. The van der Waals surface area contributed by atoms with Gasteiger partial charge in [0.2, 0.25) is 0 Å². The third-order valence-corrected chi connectivity index (χ3v) is 4.15. The van der Waals surface area contributed by atoms with Gasteiger partial charge in [0.15, 0.2) is 0 Å². The summed E-state index contributed by atoms with van der Waals surface area (Å²) in [5, 5.41) is 0. The predicted molar refractivity (Wildman–Crippen MR) is 95.4 cm³/mol. The van der Waals surface area contributed by atoms with E-state index in [0.717, 1.165) is 30.3 Å². The lowest BCUT2D eigenvalue weighted by Gasteiger charge is -2.44. The second-order valence-electron chi connectivity index (χ2n) is 7.60. The summed E-state index contributed by atoms with van der Waals surface area (Å²) in [6.45, 7) is 15.2. The Kier molecular flexibility index (Phi) is 5.35. The molecule has 1 aromatic rings. The lowest BCUT2D eigenvalue weighted by molar-refractivity contribution is 0.0129. The fourth-order valence-corrected chi connectivity index (χ4v) is 2.96. The Labute approximate surface area is 145 Å². The number of carbonyl (C=O) groups excluding carboxylic acids is 1. The first-order valence-corrected chi connectivity index (χ1v) is 8.71. The molecule has 2 heterocycles. The van der Waals surface area contributed by atoms with Crippen molar-refractivity contribution >= 4 is 11.9 Å². The van der Waals surface area contributed by atoms with Crippen LogP contribution in [0.4, 0.5) is 10.6 Å². The number of carbonyl (C=O) groups is 1. The highest BCUT2D eigenvalue weighted by atomic mass is 16.6. The molecule has 1 amide bonds. The van der Waals surface area contributed by atoms with Crippen LogP contribution in [0.25, 0.3) is 0 Å². The molecule has 24 heavy (non-hydrogen) atoms. The number of piperazine rings is 1. The van der Waals surface area contributed by atoms with E-state index >= 15 is 0 Å². The quantitative estimate of drug-likeness (QED) is 0.831. The summed E-state index contributed by atoms with van der Waals surface area (Å²) in [7, 11) is 0. The van der Waals surface area contributed by atoms with Crippen molar-refractivity contribution in [2.75, 3.05) is 18.0 Å². The van der Waals surface area contributed by atoms with Gasteiger partial charge in [0.1, 0.15) is 17.2 Å². The van der Waals surface area contributed by atoms with Crippen LogP contribution < -0.4 is 4.90 Å². The normalized spacial score (nSPS) is 21.8. The average molecular weight is 334 g/mol. The summed E-state index contributed by atoms with van der Waals surface area (Å²) < 4.78 is 5.54. The monoisotopic (exact) mass is 334 g/mol. The van der Waals surface area contributed by atoms with Gasteiger partial charge in [0.25, 0.3) is 0 Å². The van der Waals surface area contributed by atoms with Gasteiger partial charge in [-0.3, -0.25) is 0 Å². The Bertz CT molecular complexity index is 597. The van der Waals surface area contributed by atoms with E-state index in [4.69, 9.17) is 4.74 Å². The molecule has 0 saturated carbocycles. The lowest BCUT2D eigenvalue weighted by Crippen LogP contribution is -2.59. The van der Waals surface area contributed by atoms with Gasteiger partial charge in [-0.15, -0.1) is 0 Å². The molecule has 1 fully saturated rings. The maximum atomic E-state index is 12.4. The maximum Gasteiger partial charge on any atom is 0.410 e. The van der Waals surface area contributed by atoms with Crippen LogP contribution in [-0.2, 0) is 11.2 Å². The topological polar surface area (TPSA) is 58.6 Å². The SMILES string of the molecule is CCc1cc(N2CC(C)N(C(=O)OC(C)(C)C)CC2C)nc(C)n1. The summed E-state index contributed by atoms with van der Waals surface area (Å²) in [4.78, 5) is 25.6. The zero-order valence-corrected chi connectivity index (χ0v) is 16.0. The summed E-state index contributed by atoms with van der Waals surface area (Å²) in [5.74, 6) is 1.74. The van der Waals surface area contributed by atoms with Crippen molar-refractivity contribution in [3.05, 3.63) is 17.6 Å². The molecule has 1 aliphatic heterocycles. The standard InChI is InChI=1S/C18H30N4O2/c1-8-15-9-16(20-14(4)19-15)21-10-13(3)22(11-12(21)2)17(23)24-18(5,6)7/h9,12-13H,8,10-11H2,1-7H3. The van der Waals surface area contributed by atoms with Crippen LogP contribution in [0.15, 0.2) is 6.07 Å². The van der Waals surface area contributed by atoms with Gasteiger partial charge in [0, 0.05) is 36.9 Å². The number of hydrogen-bond acceptors (Lipinski definition) is 5. The molecular weight excluding hydrogens is 304 g/mol. The fourth-order valence-electron chi connectivity index (χ4n) is 2.96. The minimum Gasteiger partial charge on any atom is -0.444 e. The van der Waals surface area contributed by atoms with Gasteiger partial charge in [0.05, 0.1) is 0 Å². The molecule has 2 rings (SSSR count). The summed E-state index contributed by atoms with van der Waals surface area (Å²) in [6, 6.07) is 2.29. The Hall–Kier alpha value is -1.85. The number of nitrogens with zero attached hydrogens (tertiary/aromatic N) is 4. The van der Waals surface area contributed by atoms with Crippen molar-refractivity contribution in [1.82, 2.24) is 14.9 Å². The molecule has 0 radical (unpaired) electrons. The minimum atomic E-state index is -0.475. The van der Waals surface area contributed by atoms with Crippen LogP contribution in [0.2, 0.25) is 0 Å². The lowest BCUT2D eigenvalue weighted by atomic mass is 10.1. The molecule has 0 aliphatic carbocycles. The van der Waals surface area contributed by atoms with Crippen molar-refractivity contribution in [2.45, 2.75) is 72.6 Å². The smallest absolute Gasteiger partial charge is 0.410 e. The first kappa shape index (κ1) is 18.5. The molecule has 1 aromatic heterocycles. The zero-order valence-electron chi connectivity index (χ0n) is 16.0. The third kappa shape index (κ3) is 4.36. The maximum absolute atomic E-state index is 12.4. The van der Waals surface area contributed by atoms with E-state index in [1.807, 2.05) is 32.6 Å². The van der Waals surface area contributed by atoms with E-state index in [2.05, 4.69) is 41.7 Å². The van der Waals surface area contributed by atoms with Crippen LogP contribution in [0, 0.1) is 6.92 Å². The van der Waals surface area contributed by atoms with Crippen LogP contribution in [0.3, 0.4) is 0 Å². The molecule has 134 valence electrons. The Balaban J connectivity index is 2.16. The van der Waals surface area contributed by atoms with Gasteiger partial charge in [-0.05, 0) is 48.0 Å². The van der Waals surface area contributed by atoms with Crippen LogP contribution >= 0.6 is 0 Å². The van der Waals surface area contributed by atoms with Crippen LogP contribution in [0.5, 0.6) is 0 Å².